The number of carbonyl (C=O) groups excluding carboxylic acids is 1. The van der Waals surface area contributed by atoms with Crippen molar-refractivity contribution in [1.82, 2.24) is 4.90 Å². The SMILES string of the molecule is COc1ccc(NC(=O)CN2CCCCC2c2ccc(C(F)(F)F)cc2)c(OC)c1. The molecule has 1 atom stereocenters. The highest BCUT2D eigenvalue weighted by molar-refractivity contribution is 5.93. The average Bonchev–Trinajstić information content (AvgIpc) is 2.74. The molecule has 0 spiro atoms. The zero-order chi connectivity index (χ0) is 21.7. The van der Waals surface area contributed by atoms with Gasteiger partial charge in [-0.1, -0.05) is 18.6 Å². The number of piperidine rings is 1. The fraction of sp³-hybridized carbons (Fsp3) is 0.409. The van der Waals surface area contributed by atoms with Crippen LogP contribution in [0.3, 0.4) is 0 Å². The number of ether oxygens (including phenoxy) is 2. The van der Waals surface area contributed by atoms with Crippen molar-refractivity contribution in [2.75, 3.05) is 32.6 Å². The molecule has 1 heterocycles. The second kappa shape index (κ2) is 9.38. The molecule has 1 amide bonds. The number of hydrogen-bond donors (Lipinski definition) is 1. The van der Waals surface area contributed by atoms with Crippen LogP contribution in [0.5, 0.6) is 11.5 Å². The molecule has 1 fully saturated rings. The van der Waals surface area contributed by atoms with Crippen LogP contribution in [-0.4, -0.2) is 38.1 Å². The quantitative estimate of drug-likeness (QED) is 0.720. The summed E-state index contributed by atoms with van der Waals surface area (Å²) in [7, 11) is 3.06. The molecule has 0 aromatic heterocycles. The first-order valence-corrected chi connectivity index (χ1v) is 9.75. The van der Waals surface area contributed by atoms with Crippen LogP contribution in [-0.2, 0) is 11.0 Å². The van der Waals surface area contributed by atoms with Gasteiger partial charge in [0.15, 0.2) is 0 Å². The van der Waals surface area contributed by atoms with E-state index in [9.17, 15) is 18.0 Å². The smallest absolute Gasteiger partial charge is 0.416 e. The van der Waals surface area contributed by atoms with Gasteiger partial charge in [0, 0.05) is 12.1 Å². The minimum Gasteiger partial charge on any atom is -0.497 e. The van der Waals surface area contributed by atoms with Gasteiger partial charge in [0.1, 0.15) is 11.5 Å². The molecule has 2 aromatic carbocycles. The number of methoxy groups -OCH3 is 2. The lowest BCUT2D eigenvalue weighted by atomic mass is 9.94. The molecule has 0 saturated carbocycles. The molecule has 30 heavy (non-hydrogen) atoms. The molecule has 2 aromatic rings. The summed E-state index contributed by atoms with van der Waals surface area (Å²) in [6.07, 6.45) is -1.65. The third kappa shape index (κ3) is 5.24. The fourth-order valence-electron chi connectivity index (χ4n) is 3.73. The number of hydrogen-bond acceptors (Lipinski definition) is 4. The highest BCUT2D eigenvalue weighted by atomic mass is 19.4. The summed E-state index contributed by atoms with van der Waals surface area (Å²) in [6, 6.07) is 10.2. The van der Waals surface area contributed by atoms with Crippen LogP contribution in [0.2, 0.25) is 0 Å². The number of nitrogens with zero attached hydrogens (tertiary/aromatic N) is 1. The molecule has 0 aliphatic carbocycles. The van der Waals surface area contributed by atoms with Crippen molar-refractivity contribution in [2.45, 2.75) is 31.5 Å². The number of likely N-dealkylation sites (tertiary alicyclic amines) is 1. The van der Waals surface area contributed by atoms with E-state index in [1.807, 2.05) is 4.90 Å². The molecule has 1 unspecified atom stereocenters. The maximum Gasteiger partial charge on any atom is 0.416 e. The van der Waals surface area contributed by atoms with E-state index in [1.165, 1.54) is 19.2 Å². The predicted molar refractivity (Wildman–Crippen MR) is 108 cm³/mol. The Morgan fingerprint density at radius 2 is 1.83 bits per heavy atom. The predicted octanol–water partition coefficient (Wildman–Crippen LogP) is 4.89. The van der Waals surface area contributed by atoms with Gasteiger partial charge in [-0.25, -0.2) is 0 Å². The Kier molecular flexibility index (Phi) is 6.87. The van der Waals surface area contributed by atoms with Crippen molar-refractivity contribution in [3.8, 4) is 11.5 Å². The van der Waals surface area contributed by atoms with Crippen LogP contribution >= 0.6 is 0 Å². The van der Waals surface area contributed by atoms with Gasteiger partial charge in [-0.15, -0.1) is 0 Å². The normalized spacial score (nSPS) is 17.4. The Labute approximate surface area is 173 Å². The third-order valence-electron chi connectivity index (χ3n) is 5.27. The second-order valence-electron chi connectivity index (χ2n) is 7.22. The fourth-order valence-corrected chi connectivity index (χ4v) is 3.73. The molecular weight excluding hydrogens is 397 g/mol. The van der Waals surface area contributed by atoms with Gasteiger partial charge in [-0.05, 0) is 49.2 Å². The summed E-state index contributed by atoms with van der Waals surface area (Å²) in [6.45, 7) is 0.847. The number of amides is 1. The minimum atomic E-state index is -4.36. The molecule has 1 aliphatic heterocycles. The molecule has 8 heteroatoms. The molecule has 162 valence electrons. The Hall–Kier alpha value is -2.74. The van der Waals surface area contributed by atoms with Gasteiger partial charge in [0.25, 0.3) is 0 Å². The number of anilines is 1. The number of halogens is 3. The minimum absolute atomic E-state index is 0.0930. The van der Waals surface area contributed by atoms with Gasteiger partial charge >= 0.3 is 6.18 Å². The van der Waals surface area contributed by atoms with Gasteiger partial charge in [-0.3, -0.25) is 9.69 Å². The van der Waals surface area contributed by atoms with Gasteiger partial charge in [-0.2, -0.15) is 13.2 Å². The number of rotatable bonds is 6. The van der Waals surface area contributed by atoms with Crippen molar-refractivity contribution < 1.29 is 27.4 Å². The lowest BCUT2D eigenvalue weighted by molar-refractivity contribution is -0.137. The summed E-state index contributed by atoms with van der Waals surface area (Å²) < 4.78 is 49.0. The summed E-state index contributed by atoms with van der Waals surface area (Å²) in [5.74, 6) is 0.890. The van der Waals surface area contributed by atoms with Crippen LogP contribution in [0.15, 0.2) is 42.5 Å². The average molecular weight is 422 g/mol. The first-order valence-electron chi connectivity index (χ1n) is 9.75. The molecule has 0 bridgehead atoms. The molecule has 1 saturated heterocycles. The number of carbonyl (C=O) groups is 1. The highest BCUT2D eigenvalue weighted by Crippen LogP contribution is 2.34. The van der Waals surface area contributed by atoms with E-state index in [2.05, 4.69) is 5.32 Å². The molecular formula is C22H25F3N2O3. The van der Waals surface area contributed by atoms with Crippen LogP contribution < -0.4 is 14.8 Å². The Morgan fingerprint density at radius 3 is 2.47 bits per heavy atom. The number of alkyl halides is 3. The first kappa shape index (κ1) is 22.0. The second-order valence-corrected chi connectivity index (χ2v) is 7.22. The van der Waals surface area contributed by atoms with Gasteiger partial charge < -0.3 is 14.8 Å². The maximum absolute atomic E-state index is 12.8. The van der Waals surface area contributed by atoms with Crippen molar-refractivity contribution >= 4 is 11.6 Å². The monoisotopic (exact) mass is 422 g/mol. The Balaban J connectivity index is 1.70. The third-order valence-corrected chi connectivity index (χ3v) is 5.27. The van der Waals surface area contributed by atoms with Gasteiger partial charge in [0.2, 0.25) is 5.91 Å². The topological polar surface area (TPSA) is 50.8 Å². The zero-order valence-electron chi connectivity index (χ0n) is 17.0. The van der Waals surface area contributed by atoms with Gasteiger partial charge in [0.05, 0.1) is 32.0 Å². The summed E-state index contributed by atoms with van der Waals surface area (Å²) in [5, 5.41) is 2.85. The Morgan fingerprint density at radius 1 is 1.10 bits per heavy atom. The van der Waals surface area contributed by atoms with E-state index < -0.39 is 11.7 Å². The van der Waals surface area contributed by atoms with Crippen LogP contribution in [0.4, 0.5) is 18.9 Å². The molecule has 3 rings (SSSR count). The van der Waals surface area contributed by atoms with Crippen molar-refractivity contribution in [1.29, 1.82) is 0 Å². The molecule has 1 N–H and O–H groups in total. The van der Waals surface area contributed by atoms with E-state index in [1.54, 1.807) is 25.3 Å². The van der Waals surface area contributed by atoms with Crippen LogP contribution in [0.25, 0.3) is 0 Å². The lowest BCUT2D eigenvalue weighted by Gasteiger charge is -2.35. The van der Waals surface area contributed by atoms with E-state index in [0.29, 0.717) is 23.7 Å². The van der Waals surface area contributed by atoms with E-state index >= 15 is 0 Å². The van der Waals surface area contributed by atoms with E-state index in [4.69, 9.17) is 9.47 Å². The van der Waals surface area contributed by atoms with Crippen LogP contribution in [0, 0.1) is 0 Å². The highest BCUT2D eigenvalue weighted by Gasteiger charge is 2.31. The van der Waals surface area contributed by atoms with Crippen molar-refractivity contribution in [2.24, 2.45) is 0 Å². The molecule has 0 radical (unpaired) electrons. The van der Waals surface area contributed by atoms with Crippen molar-refractivity contribution in [3.05, 3.63) is 53.6 Å². The van der Waals surface area contributed by atoms with Crippen LogP contribution in [0.1, 0.15) is 36.4 Å². The van der Waals surface area contributed by atoms with Crippen molar-refractivity contribution in [3.63, 3.8) is 0 Å². The summed E-state index contributed by atoms with van der Waals surface area (Å²) in [5.41, 5.74) is 0.655. The maximum atomic E-state index is 12.8. The van der Waals surface area contributed by atoms with E-state index in [0.717, 1.165) is 37.0 Å². The number of nitrogens with one attached hydrogen (secondary N) is 1. The standard InChI is InChI=1S/C22H25F3N2O3/c1-29-17-10-11-18(20(13-17)30-2)26-21(28)14-27-12-4-3-5-19(27)15-6-8-16(9-7-15)22(23,24)25/h6-11,13,19H,3-5,12,14H2,1-2H3,(H,26,28). The molecule has 1 aliphatic rings. The lowest BCUT2D eigenvalue weighted by Crippen LogP contribution is -2.39. The largest absolute Gasteiger partial charge is 0.497 e. The molecule has 5 nitrogen and oxygen atoms in total. The number of benzene rings is 2. The first-order chi connectivity index (χ1) is 14.3. The summed E-state index contributed by atoms with van der Waals surface area (Å²) in [4.78, 5) is 14.7. The van der Waals surface area contributed by atoms with E-state index in [-0.39, 0.29) is 18.5 Å². The summed E-state index contributed by atoms with van der Waals surface area (Å²) >= 11 is 0. The zero-order valence-corrected chi connectivity index (χ0v) is 17.0. The Bertz CT molecular complexity index is 869.